The number of amides is 1. The van der Waals surface area contributed by atoms with Crippen LogP contribution >= 0.6 is 0 Å². The lowest BCUT2D eigenvalue weighted by molar-refractivity contribution is -0.120. The number of guanidine groups is 1. The van der Waals surface area contributed by atoms with E-state index in [1.165, 1.54) is 0 Å². The number of carbonyl (C=O) groups excluding carboxylic acids is 1. The van der Waals surface area contributed by atoms with Gasteiger partial charge in [0, 0.05) is 39.0 Å². The van der Waals surface area contributed by atoms with Crippen LogP contribution in [0, 0.1) is 0 Å². The summed E-state index contributed by atoms with van der Waals surface area (Å²) in [5.41, 5.74) is 0. The quantitative estimate of drug-likeness (QED) is 0.425. The molecule has 3 N–H and O–H groups in total. The van der Waals surface area contributed by atoms with Gasteiger partial charge in [-0.05, 0) is 13.3 Å². The summed E-state index contributed by atoms with van der Waals surface area (Å²) in [6.45, 7) is 9.57. The molecule has 0 atom stereocenters. The molecule has 1 amide bonds. The standard InChI is InChI=1S/C15H29N7O/c1-4-8-17-14(23)7-9-18-15(16-6-3)19-10-11-22-12-20-21-13(22)5-2/h12H,4-11H2,1-3H3,(H,17,23)(H2,16,18,19). The Labute approximate surface area is 138 Å². The summed E-state index contributed by atoms with van der Waals surface area (Å²) in [5.74, 6) is 1.74. The third-order valence-corrected chi connectivity index (χ3v) is 3.18. The van der Waals surface area contributed by atoms with Crippen molar-refractivity contribution in [1.82, 2.24) is 30.7 Å². The molecule has 0 radical (unpaired) electrons. The van der Waals surface area contributed by atoms with Crippen molar-refractivity contribution < 1.29 is 4.79 Å². The van der Waals surface area contributed by atoms with E-state index in [0.717, 1.165) is 50.8 Å². The third-order valence-electron chi connectivity index (χ3n) is 3.18. The first-order valence-corrected chi connectivity index (χ1v) is 8.36. The second-order valence-corrected chi connectivity index (χ2v) is 5.08. The van der Waals surface area contributed by atoms with Crippen LogP contribution in [0.1, 0.15) is 39.4 Å². The van der Waals surface area contributed by atoms with Crippen LogP contribution in [0.25, 0.3) is 0 Å². The van der Waals surface area contributed by atoms with Crippen LogP contribution < -0.4 is 16.0 Å². The molecule has 0 unspecified atom stereocenters. The first-order valence-electron chi connectivity index (χ1n) is 8.36. The van der Waals surface area contributed by atoms with E-state index in [1.807, 2.05) is 18.4 Å². The molecule has 0 aliphatic heterocycles. The van der Waals surface area contributed by atoms with Crippen LogP contribution in [0.4, 0.5) is 0 Å². The molecule has 0 spiro atoms. The van der Waals surface area contributed by atoms with Crippen molar-refractivity contribution in [2.45, 2.75) is 46.6 Å². The molecular weight excluding hydrogens is 294 g/mol. The van der Waals surface area contributed by atoms with Crippen molar-refractivity contribution >= 4 is 11.9 Å². The maximum atomic E-state index is 11.5. The van der Waals surface area contributed by atoms with Crippen molar-refractivity contribution in [3.8, 4) is 0 Å². The molecule has 8 nitrogen and oxygen atoms in total. The van der Waals surface area contributed by atoms with Crippen LogP contribution in [-0.2, 0) is 17.8 Å². The highest BCUT2D eigenvalue weighted by atomic mass is 16.1. The largest absolute Gasteiger partial charge is 0.357 e. The number of aliphatic imine (C=N–C) groups is 1. The van der Waals surface area contributed by atoms with Crippen LogP contribution in [0.3, 0.4) is 0 Å². The fourth-order valence-corrected chi connectivity index (χ4v) is 2.00. The molecule has 130 valence electrons. The summed E-state index contributed by atoms with van der Waals surface area (Å²) in [5, 5.41) is 17.3. The van der Waals surface area contributed by atoms with Crippen LogP contribution in [0.2, 0.25) is 0 Å². The lowest BCUT2D eigenvalue weighted by Gasteiger charge is -2.12. The zero-order valence-corrected chi connectivity index (χ0v) is 14.4. The zero-order chi connectivity index (χ0) is 16.9. The first-order chi connectivity index (χ1) is 11.2. The fourth-order valence-electron chi connectivity index (χ4n) is 2.00. The molecule has 23 heavy (non-hydrogen) atoms. The highest BCUT2D eigenvalue weighted by Gasteiger charge is 2.03. The van der Waals surface area contributed by atoms with E-state index in [-0.39, 0.29) is 5.91 Å². The van der Waals surface area contributed by atoms with Gasteiger partial charge in [0.05, 0.1) is 6.54 Å². The molecule has 0 saturated heterocycles. The Morgan fingerprint density at radius 2 is 2.04 bits per heavy atom. The molecule has 0 saturated carbocycles. The fraction of sp³-hybridized carbons (Fsp3) is 0.733. The van der Waals surface area contributed by atoms with E-state index in [9.17, 15) is 4.79 Å². The average molecular weight is 323 g/mol. The summed E-state index contributed by atoms with van der Waals surface area (Å²) in [7, 11) is 0. The summed E-state index contributed by atoms with van der Waals surface area (Å²) in [6.07, 6.45) is 3.95. The van der Waals surface area contributed by atoms with Crippen molar-refractivity contribution in [3.05, 3.63) is 12.2 Å². The Balaban J connectivity index is 2.35. The van der Waals surface area contributed by atoms with E-state index in [0.29, 0.717) is 13.0 Å². The van der Waals surface area contributed by atoms with Gasteiger partial charge in [0.1, 0.15) is 12.2 Å². The minimum absolute atomic E-state index is 0.0449. The molecule has 0 aromatic carbocycles. The van der Waals surface area contributed by atoms with E-state index in [2.05, 4.69) is 38.1 Å². The van der Waals surface area contributed by atoms with E-state index >= 15 is 0 Å². The molecule has 0 fully saturated rings. The minimum Gasteiger partial charge on any atom is -0.357 e. The molecule has 1 aromatic heterocycles. The number of hydrogen-bond donors (Lipinski definition) is 3. The second-order valence-electron chi connectivity index (χ2n) is 5.08. The number of aromatic nitrogens is 3. The summed E-state index contributed by atoms with van der Waals surface area (Å²) >= 11 is 0. The number of nitrogens with zero attached hydrogens (tertiary/aromatic N) is 4. The molecule has 1 rings (SSSR count). The van der Waals surface area contributed by atoms with Gasteiger partial charge in [-0.25, -0.2) is 0 Å². The smallest absolute Gasteiger partial charge is 0.221 e. The Morgan fingerprint density at radius 1 is 1.22 bits per heavy atom. The zero-order valence-electron chi connectivity index (χ0n) is 14.4. The maximum absolute atomic E-state index is 11.5. The predicted octanol–water partition coefficient (Wildman–Crippen LogP) is 0.312. The van der Waals surface area contributed by atoms with Gasteiger partial charge in [-0.1, -0.05) is 13.8 Å². The summed E-state index contributed by atoms with van der Waals surface area (Å²) < 4.78 is 2.02. The summed E-state index contributed by atoms with van der Waals surface area (Å²) in [4.78, 5) is 16.0. The van der Waals surface area contributed by atoms with Gasteiger partial charge in [0.25, 0.3) is 0 Å². The van der Waals surface area contributed by atoms with Crippen LogP contribution in [0.5, 0.6) is 0 Å². The van der Waals surface area contributed by atoms with E-state index in [1.54, 1.807) is 6.33 Å². The van der Waals surface area contributed by atoms with Gasteiger partial charge in [-0.2, -0.15) is 0 Å². The van der Waals surface area contributed by atoms with Crippen LogP contribution in [-0.4, -0.2) is 52.8 Å². The SMILES string of the molecule is CCCNC(=O)CCN=C(NCC)NCCn1cnnc1CC. The van der Waals surface area contributed by atoms with Crippen molar-refractivity contribution in [2.24, 2.45) is 4.99 Å². The number of hydrogen-bond acceptors (Lipinski definition) is 4. The molecular formula is C15H29N7O. The lowest BCUT2D eigenvalue weighted by atomic mass is 10.4. The average Bonchev–Trinajstić information content (AvgIpc) is 3.00. The predicted molar refractivity (Wildman–Crippen MR) is 91.3 cm³/mol. The first kappa shape index (κ1) is 18.9. The number of rotatable bonds is 10. The minimum atomic E-state index is 0.0449. The Hall–Kier alpha value is -2.12. The van der Waals surface area contributed by atoms with Gasteiger partial charge in [0.2, 0.25) is 5.91 Å². The summed E-state index contributed by atoms with van der Waals surface area (Å²) in [6, 6.07) is 0. The van der Waals surface area contributed by atoms with Gasteiger partial charge in [-0.3, -0.25) is 9.79 Å². The van der Waals surface area contributed by atoms with Crippen molar-refractivity contribution in [3.63, 3.8) is 0 Å². The van der Waals surface area contributed by atoms with Gasteiger partial charge < -0.3 is 20.5 Å². The van der Waals surface area contributed by atoms with Gasteiger partial charge in [-0.15, -0.1) is 10.2 Å². The molecule has 0 aliphatic rings. The second kappa shape index (κ2) is 11.4. The number of aryl methyl sites for hydroxylation is 1. The Bertz CT molecular complexity index is 484. The molecule has 0 aliphatic carbocycles. The number of carbonyl (C=O) groups is 1. The molecule has 1 aromatic rings. The Morgan fingerprint density at radius 3 is 2.74 bits per heavy atom. The highest BCUT2D eigenvalue weighted by molar-refractivity contribution is 5.80. The normalized spacial score (nSPS) is 11.3. The monoisotopic (exact) mass is 323 g/mol. The highest BCUT2D eigenvalue weighted by Crippen LogP contribution is 1.94. The van der Waals surface area contributed by atoms with E-state index < -0.39 is 0 Å². The van der Waals surface area contributed by atoms with E-state index in [4.69, 9.17) is 0 Å². The van der Waals surface area contributed by atoms with Gasteiger partial charge >= 0.3 is 0 Å². The molecule has 1 heterocycles. The third kappa shape index (κ3) is 7.62. The lowest BCUT2D eigenvalue weighted by Crippen LogP contribution is -2.39. The maximum Gasteiger partial charge on any atom is 0.221 e. The molecule has 8 heteroatoms. The number of nitrogens with one attached hydrogen (secondary N) is 3. The van der Waals surface area contributed by atoms with Crippen molar-refractivity contribution in [1.29, 1.82) is 0 Å². The molecule has 0 bridgehead atoms. The van der Waals surface area contributed by atoms with Crippen molar-refractivity contribution in [2.75, 3.05) is 26.2 Å². The Kier molecular flexibility index (Phi) is 9.42. The topological polar surface area (TPSA) is 96.2 Å². The van der Waals surface area contributed by atoms with Gasteiger partial charge in [0.15, 0.2) is 5.96 Å². The van der Waals surface area contributed by atoms with Crippen LogP contribution in [0.15, 0.2) is 11.3 Å².